The Morgan fingerprint density at radius 2 is 1.92 bits per heavy atom. The first-order valence-corrected chi connectivity index (χ1v) is 8.43. The van der Waals surface area contributed by atoms with Crippen LogP contribution in [-0.4, -0.2) is 22.9 Å². The number of ether oxygens (including phenoxy) is 1. The maximum atomic E-state index is 5.79. The van der Waals surface area contributed by atoms with Crippen LogP contribution >= 0.6 is 0 Å². The standard InChI is InChI=1S/C20H21N3O/c1-3-24-18-7-5-4-6-17(18)23-20-16(12-13-21-20)19(22-23)15-10-8-14(2)9-11-15/h4-11,21H,3,12-13H2,1-2H3. The Morgan fingerprint density at radius 3 is 2.71 bits per heavy atom. The number of benzene rings is 2. The summed E-state index contributed by atoms with van der Waals surface area (Å²) in [6, 6.07) is 16.6. The molecule has 1 N–H and O–H groups in total. The van der Waals surface area contributed by atoms with Gasteiger partial charge in [-0.3, -0.25) is 0 Å². The van der Waals surface area contributed by atoms with Crippen LogP contribution in [0.3, 0.4) is 0 Å². The van der Waals surface area contributed by atoms with Gasteiger partial charge in [0.15, 0.2) is 0 Å². The van der Waals surface area contributed by atoms with Crippen molar-refractivity contribution < 1.29 is 4.74 Å². The van der Waals surface area contributed by atoms with E-state index in [1.807, 2.05) is 29.8 Å². The lowest BCUT2D eigenvalue weighted by atomic mass is 10.1. The molecule has 0 bridgehead atoms. The minimum Gasteiger partial charge on any atom is -0.492 e. The van der Waals surface area contributed by atoms with Crippen molar-refractivity contribution >= 4 is 5.82 Å². The molecule has 0 spiro atoms. The molecular weight excluding hydrogens is 298 g/mol. The van der Waals surface area contributed by atoms with Crippen LogP contribution in [0.1, 0.15) is 18.1 Å². The minimum atomic E-state index is 0.638. The van der Waals surface area contributed by atoms with Gasteiger partial charge in [0.2, 0.25) is 0 Å². The number of para-hydroxylation sites is 2. The highest BCUT2D eigenvalue weighted by molar-refractivity contribution is 5.73. The van der Waals surface area contributed by atoms with Gasteiger partial charge in [0.05, 0.1) is 12.3 Å². The molecule has 0 unspecified atom stereocenters. The van der Waals surface area contributed by atoms with E-state index in [4.69, 9.17) is 9.84 Å². The fourth-order valence-electron chi connectivity index (χ4n) is 3.20. The van der Waals surface area contributed by atoms with E-state index in [2.05, 4.69) is 42.6 Å². The topological polar surface area (TPSA) is 39.1 Å². The van der Waals surface area contributed by atoms with Crippen LogP contribution in [0.15, 0.2) is 48.5 Å². The molecule has 122 valence electrons. The first-order chi connectivity index (χ1) is 11.8. The average Bonchev–Trinajstić information content (AvgIpc) is 3.19. The molecule has 2 aromatic carbocycles. The molecule has 1 aliphatic heterocycles. The molecule has 0 saturated carbocycles. The van der Waals surface area contributed by atoms with Crippen molar-refractivity contribution in [3.05, 3.63) is 59.7 Å². The number of aryl methyl sites for hydroxylation is 1. The second kappa shape index (κ2) is 6.04. The lowest BCUT2D eigenvalue weighted by Gasteiger charge is -2.12. The van der Waals surface area contributed by atoms with E-state index >= 15 is 0 Å². The van der Waals surface area contributed by atoms with Gasteiger partial charge in [0, 0.05) is 17.7 Å². The molecule has 4 heteroatoms. The molecule has 3 aromatic rings. The van der Waals surface area contributed by atoms with Crippen molar-refractivity contribution in [2.45, 2.75) is 20.3 Å². The van der Waals surface area contributed by atoms with Gasteiger partial charge in [-0.25, -0.2) is 4.68 Å². The van der Waals surface area contributed by atoms with Crippen molar-refractivity contribution in [2.75, 3.05) is 18.5 Å². The number of fused-ring (bicyclic) bond motifs is 1. The summed E-state index contributed by atoms with van der Waals surface area (Å²) in [6.07, 6.45) is 0.995. The quantitative estimate of drug-likeness (QED) is 0.783. The minimum absolute atomic E-state index is 0.638. The Bertz CT molecular complexity index is 865. The Hall–Kier alpha value is -2.75. The maximum absolute atomic E-state index is 5.79. The highest BCUT2D eigenvalue weighted by Gasteiger charge is 2.25. The first-order valence-electron chi connectivity index (χ1n) is 8.43. The summed E-state index contributed by atoms with van der Waals surface area (Å²) in [5.74, 6) is 1.94. The van der Waals surface area contributed by atoms with Crippen LogP contribution in [-0.2, 0) is 6.42 Å². The van der Waals surface area contributed by atoms with E-state index in [9.17, 15) is 0 Å². The highest BCUT2D eigenvalue weighted by Crippen LogP contribution is 2.36. The van der Waals surface area contributed by atoms with E-state index in [1.165, 1.54) is 11.1 Å². The predicted octanol–water partition coefficient (Wildman–Crippen LogP) is 4.21. The number of nitrogens with zero attached hydrogens (tertiary/aromatic N) is 2. The predicted molar refractivity (Wildman–Crippen MR) is 97.1 cm³/mol. The van der Waals surface area contributed by atoms with Crippen molar-refractivity contribution in [3.63, 3.8) is 0 Å². The van der Waals surface area contributed by atoms with Crippen LogP contribution in [0.25, 0.3) is 16.9 Å². The van der Waals surface area contributed by atoms with Crippen molar-refractivity contribution in [1.29, 1.82) is 0 Å². The fraction of sp³-hybridized carbons (Fsp3) is 0.250. The third-order valence-corrected chi connectivity index (χ3v) is 4.37. The smallest absolute Gasteiger partial charge is 0.145 e. The Labute approximate surface area is 142 Å². The van der Waals surface area contributed by atoms with Gasteiger partial charge < -0.3 is 10.1 Å². The summed E-state index contributed by atoms with van der Waals surface area (Å²) in [7, 11) is 0. The molecule has 0 fully saturated rings. The number of nitrogens with one attached hydrogen (secondary N) is 1. The van der Waals surface area contributed by atoms with E-state index in [0.29, 0.717) is 6.61 Å². The number of hydrogen-bond donors (Lipinski definition) is 1. The highest BCUT2D eigenvalue weighted by atomic mass is 16.5. The van der Waals surface area contributed by atoms with Crippen LogP contribution < -0.4 is 10.1 Å². The van der Waals surface area contributed by atoms with Crippen molar-refractivity contribution in [2.24, 2.45) is 0 Å². The molecule has 1 aromatic heterocycles. The molecule has 1 aliphatic rings. The molecule has 0 saturated heterocycles. The molecule has 2 heterocycles. The van der Waals surface area contributed by atoms with Crippen LogP contribution in [0.5, 0.6) is 5.75 Å². The summed E-state index contributed by atoms with van der Waals surface area (Å²) >= 11 is 0. The molecule has 4 rings (SSSR count). The van der Waals surface area contributed by atoms with Gasteiger partial charge in [-0.1, -0.05) is 42.0 Å². The number of rotatable bonds is 4. The lowest BCUT2D eigenvalue weighted by molar-refractivity contribution is 0.338. The van der Waals surface area contributed by atoms with E-state index < -0.39 is 0 Å². The maximum Gasteiger partial charge on any atom is 0.145 e. The van der Waals surface area contributed by atoms with Crippen LogP contribution in [0.4, 0.5) is 5.82 Å². The summed E-state index contributed by atoms with van der Waals surface area (Å²) < 4.78 is 7.78. The van der Waals surface area contributed by atoms with E-state index in [1.54, 1.807) is 0 Å². The van der Waals surface area contributed by atoms with Gasteiger partial charge in [0.25, 0.3) is 0 Å². The molecule has 0 amide bonds. The van der Waals surface area contributed by atoms with E-state index in [0.717, 1.165) is 41.5 Å². The first kappa shape index (κ1) is 14.8. The van der Waals surface area contributed by atoms with Crippen molar-refractivity contribution in [1.82, 2.24) is 9.78 Å². The number of hydrogen-bond acceptors (Lipinski definition) is 3. The summed E-state index contributed by atoms with van der Waals surface area (Å²) in [5, 5.41) is 8.40. The van der Waals surface area contributed by atoms with Crippen LogP contribution in [0.2, 0.25) is 0 Å². The van der Waals surface area contributed by atoms with Crippen LogP contribution in [0, 0.1) is 6.92 Å². The normalized spacial score (nSPS) is 12.8. The third kappa shape index (κ3) is 2.44. The van der Waals surface area contributed by atoms with Gasteiger partial charge in [0.1, 0.15) is 17.3 Å². The molecule has 4 nitrogen and oxygen atoms in total. The van der Waals surface area contributed by atoms with Gasteiger partial charge in [-0.2, -0.15) is 5.10 Å². The van der Waals surface area contributed by atoms with Gasteiger partial charge >= 0.3 is 0 Å². The monoisotopic (exact) mass is 319 g/mol. The largest absolute Gasteiger partial charge is 0.492 e. The molecule has 0 radical (unpaired) electrons. The van der Waals surface area contributed by atoms with Crippen molar-refractivity contribution in [3.8, 4) is 22.7 Å². The fourth-order valence-corrected chi connectivity index (χ4v) is 3.20. The van der Waals surface area contributed by atoms with Gasteiger partial charge in [-0.05, 0) is 32.4 Å². The lowest BCUT2D eigenvalue weighted by Crippen LogP contribution is -2.06. The summed E-state index contributed by atoms with van der Waals surface area (Å²) in [6.45, 7) is 5.69. The van der Waals surface area contributed by atoms with E-state index in [-0.39, 0.29) is 0 Å². The number of anilines is 1. The zero-order valence-electron chi connectivity index (χ0n) is 14.0. The second-order valence-corrected chi connectivity index (χ2v) is 6.03. The third-order valence-electron chi connectivity index (χ3n) is 4.37. The average molecular weight is 319 g/mol. The molecule has 0 atom stereocenters. The second-order valence-electron chi connectivity index (χ2n) is 6.03. The Kier molecular flexibility index (Phi) is 3.73. The zero-order chi connectivity index (χ0) is 16.5. The molecule has 24 heavy (non-hydrogen) atoms. The van der Waals surface area contributed by atoms with Gasteiger partial charge in [-0.15, -0.1) is 0 Å². The summed E-state index contributed by atoms with van der Waals surface area (Å²) in [5.41, 5.74) is 5.73. The summed E-state index contributed by atoms with van der Waals surface area (Å²) in [4.78, 5) is 0. The number of aromatic nitrogens is 2. The Morgan fingerprint density at radius 1 is 1.12 bits per heavy atom. The zero-order valence-corrected chi connectivity index (χ0v) is 14.0. The SMILES string of the molecule is CCOc1ccccc1-n1nc(-c2ccc(C)cc2)c2c1NCC2. The molecular formula is C20H21N3O. The Balaban J connectivity index is 1.87. The molecule has 0 aliphatic carbocycles.